The van der Waals surface area contributed by atoms with Crippen molar-refractivity contribution in [1.29, 1.82) is 0 Å². The van der Waals surface area contributed by atoms with Gasteiger partial charge in [0.25, 0.3) is 0 Å². The Kier molecular flexibility index (Phi) is 2.62. The molecule has 0 aromatic carbocycles. The number of rotatable bonds is 1. The fourth-order valence-corrected chi connectivity index (χ4v) is 4.37. The Morgan fingerprint density at radius 3 is 3.14 bits per heavy atom. The Morgan fingerprint density at radius 2 is 2.50 bits per heavy atom. The Bertz CT molecular complexity index is 354. The molecule has 0 bridgehead atoms. The predicted octanol–water partition coefficient (Wildman–Crippen LogP) is 1.28. The maximum absolute atomic E-state index is 11.0. The fraction of sp³-hybridized carbons (Fsp3) is 0.364. The van der Waals surface area contributed by atoms with Gasteiger partial charge in [-0.2, -0.15) is 0 Å². The SMILES string of the molecule is CC(=O)C=C1[Se]C2=CC=CCC2N1C. The van der Waals surface area contributed by atoms with Crippen molar-refractivity contribution in [2.45, 2.75) is 19.4 Å². The normalized spacial score (nSPS) is 27.9. The Hall–Kier alpha value is -0.791. The average molecular weight is 254 g/mol. The van der Waals surface area contributed by atoms with Crippen LogP contribution in [0.1, 0.15) is 13.3 Å². The minimum atomic E-state index is 0.154. The number of carbonyl (C=O) groups excluding carboxylic acids is 1. The van der Waals surface area contributed by atoms with Crippen LogP contribution in [0.25, 0.3) is 0 Å². The van der Waals surface area contributed by atoms with E-state index in [1.165, 1.54) is 9.07 Å². The number of ketones is 1. The summed E-state index contributed by atoms with van der Waals surface area (Å²) < 4.78 is 2.71. The zero-order chi connectivity index (χ0) is 10.1. The number of hydrogen-bond donors (Lipinski definition) is 0. The van der Waals surface area contributed by atoms with Crippen molar-refractivity contribution in [2.75, 3.05) is 7.05 Å². The van der Waals surface area contributed by atoms with E-state index in [2.05, 4.69) is 30.2 Å². The molecule has 2 nitrogen and oxygen atoms in total. The first kappa shape index (κ1) is 9.75. The van der Waals surface area contributed by atoms with E-state index in [1.807, 2.05) is 0 Å². The molecule has 1 heterocycles. The van der Waals surface area contributed by atoms with E-state index in [0.29, 0.717) is 21.0 Å². The predicted molar refractivity (Wildman–Crippen MR) is 57.9 cm³/mol. The zero-order valence-electron chi connectivity index (χ0n) is 8.36. The molecular weight excluding hydrogens is 241 g/mol. The van der Waals surface area contributed by atoms with E-state index >= 15 is 0 Å². The molecular formula is C11H13NOSe. The molecule has 1 aliphatic heterocycles. The Balaban J connectivity index is 2.25. The third kappa shape index (κ3) is 1.70. The monoisotopic (exact) mass is 255 g/mol. The quantitative estimate of drug-likeness (QED) is 0.519. The van der Waals surface area contributed by atoms with Crippen molar-refractivity contribution in [1.82, 2.24) is 4.90 Å². The number of fused-ring (bicyclic) bond motifs is 1. The van der Waals surface area contributed by atoms with Crippen LogP contribution in [-0.4, -0.2) is 38.7 Å². The Morgan fingerprint density at radius 1 is 1.71 bits per heavy atom. The standard InChI is InChI=1S/C11H13NOSe/c1-8(13)7-11-12(2)9-5-3-4-6-10(9)14-11/h3-4,6-7,9H,5H2,1-2H3. The summed E-state index contributed by atoms with van der Waals surface area (Å²) in [5.41, 5.74) is 0. The summed E-state index contributed by atoms with van der Waals surface area (Å²) in [4.78, 5) is 13.3. The number of carbonyl (C=O) groups is 1. The molecule has 14 heavy (non-hydrogen) atoms. The van der Waals surface area contributed by atoms with E-state index in [-0.39, 0.29) is 5.78 Å². The van der Waals surface area contributed by atoms with Crippen LogP contribution >= 0.6 is 0 Å². The molecule has 0 N–H and O–H groups in total. The molecule has 1 fully saturated rings. The van der Waals surface area contributed by atoms with Crippen molar-refractivity contribution in [3.8, 4) is 0 Å². The molecule has 1 aliphatic carbocycles. The number of nitrogens with zero attached hydrogens (tertiary/aromatic N) is 1. The summed E-state index contributed by atoms with van der Waals surface area (Å²) in [6, 6.07) is 0.519. The summed E-state index contributed by atoms with van der Waals surface area (Å²) in [7, 11) is 2.08. The van der Waals surface area contributed by atoms with Crippen LogP contribution < -0.4 is 0 Å². The second kappa shape index (κ2) is 3.76. The van der Waals surface area contributed by atoms with Gasteiger partial charge in [0.05, 0.1) is 0 Å². The molecule has 1 atom stereocenters. The van der Waals surface area contributed by atoms with Crippen molar-refractivity contribution >= 4 is 20.7 Å². The van der Waals surface area contributed by atoms with Crippen molar-refractivity contribution in [2.24, 2.45) is 0 Å². The minimum absolute atomic E-state index is 0.154. The maximum atomic E-state index is 11.0. The van der Waals surface area contributed by atoms with Crippen molar-refractivity contribution in [3.63, 3.8) is 0 Å². The van der Waals surface area contributed by atoms with E-state index in [1.54, 1.807) is 13.0 Å². The van der Waals surface area contributed by atoms with E-state index < -0.39 is 0 Å². The van der Waals surface area contributed by atoms with Gasteiger partial charge < -0.3 is 0 Å². The van der Waals surface area contributed by atoms with Gasteiger partial charge in [0.2, 0.25) is 0 Å². The van der Waals surface area contributed by atoms with Gasteiger partial charge in [-0.05, 0) is 0 Å². The molecule has 74 valence electrons. The second-order valence-electron chi connectivity index (χ2n) is 3.55. The van der Waals surface area contributed by atoms with Gasteiger partial charge >= 0.3 is 90.2 Å². The molecule has 0 radical (unpaired) electrons. The molecule has 0 spiro atoms. The second-order valence-corrected chi connectivity index (χ2v) is 5.85. The average Bonchev–Trinajstić information content (AvgIpc) is 2.44. The zero-order valence-corrected chi connectivity index (χ0v) is 10.1. The summed E-state index contributed by atoms with van der Waals surface area (Å²) in [5.74, 6) is 0.154. The first-order valence-corrected chi connectivity index (χ1v) is 6.39. The van der Waals surface area contributed by atoms with Crippen LogP contribution in [0.2, 0.25) is 0 Å². The first-order chi connectivity index (χ1) is 6.68. The van der Waals surface area contributed by atoms with Crippen LogP contribution in [-0.2, 0) is 4.79 Å². The van der Waals surface area contributed by atoms with Crippen LogP contribution in [0.5, 0.6) is 0 Å². The third-order valence-electron chi connectivity index (χ3n) is 2.45. The van der Waals surface area contributed by atoms with Gasteiger partial charge in [0.15, 0.2) is 0 Å². The summed E-state index contributed by atoms with van der Waals surface area (Å²) >= 11 is 0.357. The molecule has 2 aliphatic rings. The summed E-state index contributed by atoms with van der Waals surface area (Å²) in [5, 5.41) is 0. The molecule has 2 rings (SSSR count). The first-order valence-electron chi connectivity index (χ1n) is 4.68. The summed E-state index contributed by atoms with van der Waals surface area (Å²) in [6.45, 7) is 1.62. The molecule has 1 saturated heterocycles. The molecule has 1 unspecified atom stereocenters. The van der Waals surface area contributed by atoms with Crippen LogP contribution in [0.3, 0.4) is 0 Å². The number of hydrogen-bond acceptors (Lipinski definition) is 2. The molecule has 0 amide bonds. The number of likely N-dealkylation sites (N-methyl/N-ethyl adjacent to an activating group) is 1. The van der Waals surface area contributed by atoms with Crippen molar-refractivity contribution < 1.29 is 4.79 Å². The van der Waals surface area contributed by atoms with Crippen LogP contribution in [0.4, 0.5) is 0 Å². The fourth-order valence-electron chi connectivity index (χ4n) is 1.70. The topological polar surface area (TPSA) is 20.3 Å². The van der Waals surface area contributed by atoms with E-state index in [4.69, 9.17) is 0 Å². The van der Waals surface area contributed by atoms with Gasteiger partial charge in [-0.3, -0.25) is 0 Å². The number of allylic oxidation sites excluding steroid dienone is 3. The van der Waals surface area contributed by atoms with Crippen LogP contribution in [0.15, 0.2) is 33.4 Å². The van der Waals surface area contributed by atoms with Gasteiger partial charge in [-0.1, -0.05) is 0 Å². The van der Waals surface area contributed by atoms with E-state index in [0.717, 1.165) is 6.42 Å². The molecule has 0 aromatic heterocycles. The Labute approximate surface area is 90.5 Å². The van der Waals surface area contributed by atoms with E-state index in [9.17, 15) is 4.79 Å². The molecule has 0 saturated carbocycles. The molecule has 0 aromatic rings. The molecule has 3 heteroatoms. The van der Waals surface area contributed by atoms with Gasteiger partial charge in [0.1, 0.15) is 0 Å². The van der Waals surface area contributed by atoms with Gasteiger partial charge in [-0.15, -0.1) is 0 Å². The van der Waals surface area contributed by atoms with Crippen molar-refractivity contribution in [3.05, 3.63) is 33.4 Å². The van der Waals surface area contributed by atoms with Gasteiger partial charge in [-0.25, -0.2) is 0 Å². The summed E-state index contributed by atoms with van der Waals surface area (Å²) in [6.07, 6.45) is 9.37. The van der Waals surface area contributed by atoms with Gasteiger partial charge in [0, 0.05) is 0 Å². The van der Waals surface area contributed by atoms with Crippen LogP contribution in [0, 0.1) is 0 Å². The third-order valence-corrected chi connectivity index (χ3v) is 5.09.